The molecule has 0 aliphatic heterocycles. The zero-order valence-electron chi connectivity index (χ0n) is 10.8. The quantitative estimate of drug-likeness (QED) is 0.334. The normalized spacial score (nSPS) is 11.6. The van der Waals surface area contributed by atoms with Gasteiger partial charge in [0.25, 0.3) is 0 Å². The second kappa shape index (κ2) is 11.2. The lowest BCUT2D eigenvalue weighted by atomic mass is 10.0. The minimum Gasteiger partial charge on any atom is -0.0771 e. The number of halogens is 1. The van der Waals surface area contributed by atoms with E-state index >= 15 is 0 Å². The molecule has 0 fully saturated rings. The Labute approximate surface area is 111 Å². The molecule has 0 aliphatic carbocycles. The highest BCUT2D eigenvalue weighted by molar-refractivity contribution is 14.1. The van der Waals surface area contributed by atoms with Crippen LogP contribution in [0.5, 0.6) is 0 Å². The predicted octanol–water partition coefficient (Wildman–Crippen LogP) is 6.14. The smallest absolute Gasteiger partial charge is 0.0393 e. The molecule has 91 valence electrons. The summed E-state index contributed by atoms with van der Waals surface area (Å²) in [4.78, 5) is 0. The monoisotopic (exact) mass is 323 g/mol. The van der Waals surface area contributed by atoms with E-state index in [0.717, 1.165) is 5.92 Å². The maximum absolute atomic E-state index is 2.53. The SMILES string of the molecule is CCCCCCCCCC[C](I)C(C)C. The molecule has 0 aromatic heterocycles. The van der Waals surface area contributed by atoms with Crippen molar-refractivity contribution < 1.29 is 0 Å². The molecule has 0 heterocycles. The molecule has 0 unspecified atom stereocenters. The molecule has 1 radical (unpaired) electrons. The molecule has 0 N–H and O–H groups in total. The largest absolute Gasteiger partial charge is 0.0771 e. The molecule has 0 nitrogen and oxygen atoms in total. The summed E-state index contributed by atoms with van der Waals surface area (Å²) in [6.45, 7) is 6.88. The summed E-state index contributed by atoms with van der Waals surface area (Å²) in [6, 6.07) is 0. The van der Waals surface area contributed by atoms with Crippen molar-refractivity contribution in [3.05, 3.63) is 3.92 Å². The Balaban J connectivity index is 3.05. The average molecular weight is 323 g/mol. The summed E-state index contributed by atoms with van der Waals surface area (Å²) < 4.78 is 1.65. The lowest BCUT2D eigenvalue weighted by molar-refractivity contribution is 0.562. The van der Waals surface area contributed by atoms with Crippen LogP contribution in [0.25, 0.3) is 0 Å². The van der Waals surface area contributed by atoms with E-state index in [4.69, 9.17) is 0 Å². The van der Waals surface area contributed by atoms with E-state index < -0.39 is 0 Å². The first-order valence-corrected chi connectivity index (χ1v) is 7.77. The van der Waals surface area contributed by atoms with Crippen LogP contribution in [-0.4, -0.2) is 0 Å². The summed E-state index contributed by atoms with van der Waals surface area (Å²) >= 11 is 2.53. The summed E-state index contributed by atoms with van der Waals surface area (Å²) in [5.41, 5.74) is 0. The Kier molecular flexibility index (Phi) is 11.8. The van der Waals surface area contributed by atoms with Crippen molar-refractivity contribution >= 4 is 22.6 Å². The summed E-state index contributed by atoms with van der Waals surface area (Å²) in [6.07, 6.45) is 12.8. The van der Waals surface area contributed by atoms with Crippen LogP contribution >= 0.6 is 22.6 Å². The zero-order chi connectivity index (χ0) is 11.5. The van der Waals surface area contributed by atoms with Gasteiger partial charge in [0.1, 0.15) is 0 Å². The lowest BCUT2D eigenvalue weighted by Crippen LogP contribution is -1.97. The van der Waals surface area contributed by atoms with Gasteiger partial charge >= 0.3 is 0 Å². The fourth-order valence-corrected chi connectivity index (χ4v) is 2.10. The molecule has 0 bridgehead atoms. The molecule has 0 saturated heterocycles. The van der Waals surface area contributed by atoms with E-state index in [2.05, 4.69) is 43.4 Å². The molecular weight excluding hydrogens is 295 g/mol. The zero-order valence-corrected chi connectivity index (χ0v) is 13.0. The van der Waals surface area contributed by atoms with Gasteiger partial charge in [-0.3, -0.25) is 0 Å². The van der Waals surface area contributed by atoms with Crippen molar-refractivity contribution in [2.24, 2.45) is 5.92 Å². The van der Waals surface area contributed by atoms with Crippen LogP contribution in [0.4, 0.5) is 0 Å². The molecule has 0 aromatic carbocycles. The molecule has 0 atom stereocenters. The van der Waals surface area contributed by atoms with Gasteiger partial charge in [0.2, 0.25) is 0 Å². The van der Waals surface area contributed by atoms with Gasteiger partial charge in [-0.15, -0.1) is 0 Å². The highest BCUT2D eigenvalue weighted by Gasteiger charge is 2.08. The topological polar surface area (TPSA) is 0 Å². The van der Waals surface area contributed by atoms with Gasteiger partial charge in [-0.25, -0.2) is 0 Å². The maximum Gasteiger partial charge on any atom is 0.0393 e. The number of rotatable bonds is 10. The third-order valence-electron chi connectivity index (χ3n) is 2.90. The van der Waals surface area contributed by atoms with Crippen molar-refractivity contribution in [3.63, 3.8) is 0 Å². The van der Waals surface area contributed by atoms with Gasteiger partial charge in [-0.05, 0) is 12.3 Å². The molecule has 0 spiro atoms. The van der Waals surface area contributed by atoms with Crippen molar-refractivity contribution in [3.8, 4) is 0 Å². The van der Waals surface area contributed by atoms with Gasteiger partial charge in [0.15, 0.2) is 0 Å². The third-order valence-corrected chi connectivity index (χ3v) is 4.68. The minimum atomic E-state index is 0.773. The average Bonchev–Trinajstić information content (AvgIpc) is 2.21. The number of hydrogen-bond donors (Lipinski definition) is 0. The molecule has 15 heavy (non-hydrogen) atoms. The second-order valence-electron chi connectivity index (χ2n) is 4.83. The van der Waals surface area contributed by atoms with E-state index in [0.29, 0.717) is 0 Å². The highest BCUT2D eigenvalue weighted by atomic mass is 127. The van der Waals surface area contributed by atoms with E-state index in [9.17, 15) is 0 Å². The molecule has 1 heteroatoms. The number of unbranched alkanes of at least 4 members (excludes halogenated alkanes) is 7. The van der Waals surface area contributed by atoms with Gasteiger partial charge in [-0.2, -0.15) is 0 Å². The van der Waals surface area contributed by atoms with Crippen LogP contribution in [0.3, 0.4) is 0 Å². The van der Waals surface area contributed by atoms with Crippen molar-refractivity contribution in [2.75, 3.05) is 0 Å². The van der Waals surface area contributed by atoms with E-state index in [1.807, 2.05) is 0 Å². The summed E-state index contributed by atoms with van der Waals surface area (Å²) in [5, 5.41) is 0. The first kappa shape index (κ1) is 15.7. The first-order valence-electron chi connectivity index (χ1n) is 6.69. The van der Waals surface area contributed by atoms with Crippen LogP contribution in [0.15, 0.2) is 0 Å². The maximum atomic E-state index is 2.53. The van der Waals surface area contributed by atoms with Crippen LogP contribution in [0, 0.1) is 9.84 Å². The van der Waals surface area contributed by atoms with Gasteiger partial charge in [0, 0.05) is 3.92 Å². The van der Waals surface area contributed by atoms with E-state index in [1.165, 1.54) is 57.8 Å². The Hall–Kier alpha value is 0.730. The van der Waals surface area contributed by atoms with E-state index in [1.54, 1.807) is 3.92 Å². The number of hydrogen-bond acceptors (Lipinski definition) is 0. The second-order valence-corrected chi connectivity index (χ2v) is 6.21. The van der Waals surface area contributed by atoms with Gasteiger partial charge in [0.05, 0.1) is 0 Å². The van der Waals surface area contributed by atoms with Gasteiger partial charge < -0.3 is 0 Å². The van der Waals surface area contributed by atoms with Crippen molar-refractivity contribution in [1.82, 2.24) is 0 Å². The first-order chi connectivity index (χ1) is 7.18. The Morgan fingerprint density at radius 2 is 1.33 bits per heavy atom. The van der Waals surface area contributed by atoms with Crippen molar-refractivity contribution in [2.45, 2.75) is 78.6 Å². The van der Waals surface area contributed by atoms with Crippen LogP contribution in [0.1, 0.15) is 78.6 Å². The molecule has 0 rings (SSSR count). The molecule has 0 saturated carbocycles. The van der Waals surface area contributed by atoms with Gasteiger partial charge in [-0.1, -0.05) is 94.7 Å². The molecule has 0 aliphatic rings. The Morgan fingerprint density at radius 1 is 0.867 bits per heavy atom. The summed E-state index contributed by atoms with van der Waals surface area (Å²) in [5.74, 6) is 0.773. The fourth-order valence-electron chi connectivity index (χ4n) is 1.72. The van der Waals surface area contributed by atoms with Crippen LogP contribution in [-0.2, 0) is 0 Å². The summed E-state index contributed by atoms with van der Waals surface area (Å²) in [7, 11) is 0. The Morgan fingerprint density at radius 3 is 1.80 bits per heavy atom. The molecular formula is C14H28I. The third kappa shape index (κ3) is 11.0. The van der Waals surface area contributed by atoms with Crippen molar-refractivity contribution in [1.29, 1.82) is 0 Å². The standard InChI is InChI=1S/C14H28I/c1-4-5-6-7-8-9-10-11-12-14(15)13(2)3/h13H,4-12H2,1-3H3. The minimum absolute atomic E-state index is 0.773. The Bertz CT molecular complexity index is 121. The molecule has 0 amide bonds. The lowest BCUT2D eigenvalue weighted by Gasteiger charge is -2.12. The highest BCUT2D eigenvalue weighted by Crippen LogP contribution is 2.27. The van der Waals surface area contributed by atoms with Crippen LogP contribution in [0.2, 0.25) is 0 Å². The predicted molar refractivity (Wildman–Crippen MR) is 79.3 cm³/mol. The van der Waals surface area contributed by atoms with Crippen LogP contribution < -0.4 is 0 Å². The van der Waals surface area contributed by atoms with E-state index in [-0.39, 0.29) is 0 Å². The molecule has 0 aromatic rings. The fraction of sp³-hybridized carbons (Fsp3) is 0.929.